The molecule has 8 rings (SSSR count). The Hall–Kier alpha value is -5.23. The second-order valence-corrected chi connectivity index (χ2v) is 17.2. The second kappa shape index (κ2) is 18.0. The minimum atomic E-state index is -0.0765. The Morgan fingerprint density at radius 1 is 0.610 bits per heavy atom. The van der Waals surface area contributed by atoms with Gasteiger partial charge in [-0.25, -0.2) is 4.98 Å². The molecule has 1 aliphatic rings. The van der Waals surface area contributed by atoms with E-state index in [1.165, 1.54) is 55.8 Å². The normalized spacial score (nSPS) is 12.4. The Bertz CT molecular complexity index is 2470. The van der Waals surface area contributed by atoms with Crippen molar-refractivity contribution < 1.29 is 20.1 Å². The van der Waals surface area contributed by atoms with Gasteiger partial charge in [-0.15, -0.1) is 42.0 Å². The van der Waals surface area contributed by atoms with E-state index in [4.69, 9.17) is 4.98 Å². The van der Waals surface area contributed by atoms with Gasteiger partial charge in [-0.3, -0.25) is 4.98 Å². The van der Waals surface area contributed by atoms with Gasteiger partial charge in [0, 0.05) is 50.1 Å². The molecule has 0 fully saturated rings. The number of fused-ring (bicyclic) bond motifs is 1. The minimum absolute atomic E-state index is 0. The zero-order valence-corrected chi connectivity index (χ0v) is 38.8. The van der Waals surface area contributed by atoms with Crippen molar-refractivity contribution in [3.8, 4) is 17.1 Å². The first kappa shape index (κ1) is 43.4. The molecule has 7 aromatic rings. The van der Waals surface area contributed by atoms with Crippen molar-refractivity contribution >= 4 is 35.3 Å². The van der Waals surface area contributed by atoms with Crippen LogP contribution in [0.1, 0.15) is 99.2 Å². The maximum absolute atomic E-state index is 4.92. The van der Waals surface area contributed by atoms with Crippen LogP contribution in [-0.4, -0.2) is 21.5 Å². The topological polar surface area (TPSA) is 37.2 Å². The van der Waals surface area contributed by atoms with Crippen LogP contribution in [0.3, 0.4) is 0 Å². The summed E-state index contributed by atoms with van der Waals surface area (Å²) in [5.74, 6) is 2.81. The maximum Gasteiger partial charge on any atom is 0.409 e. The molecule has 5 nitrogen and oxygen atoms in total. The van der Waals surface area contributed by atoms with Crippen molar-refractivity contribution in [3.05, 3.63) is 179 Å². The van der Waals surface area contributed by atoms with Gasteiger partial charge in [-0.05, 0) is 90.4 Å². The van der Waals surface area contributed by atoms with E-state index in [0.29, 0.717) is 11.8 Å². The van der Waals surface area contributed by atoms with Crippen molar-refractivity contribution in [2.24, 2.45) is 0 Å². The van der Waals surface area contributed by atoms with E-state index < -0.39 is 0 Å². The fourth-order valence-corrected chi connectivity index (χ4v) is 8.36. The van der Waals surface area contributed by atoms with Crippen LogP contribution in [0.2, 0.25) is 0 Å². The summed E-state index contributed by atoms with van der Waals surface area (Å²) in [5.41, 5.74) is 16.1. The Labute approximate surface area is 367 Å². The Balaban J connectivity index is 0.000000212. The van der Waals surface area contributed by atoms with Crippen LogP contribution in [-0.2, 0) is 25.5 Å². The van der Waals surface area contributed by atoms with Gasteiger partial charge in [0.05, 0.1) is 5.82 Å². The summed E-state index contributed by atoms with van der Waals surface area (Å²) in [6.07, 6.45) is 5.88. The van der Waals surface area contributed by atoms with Crippen molar-refractivity contribution in [1.29, 1.82) is 0 Å². The van der Waals surface area contributed by atoms with Gasteiger partial charge in [0.25, 0.3) is 0 Å². The van der Waals surface area contributed by atoms with Crippen molar-refractivity contribution in [1.82, 2.24) is 14.5 Å². The summed E-state index contributed by atoms with van der Waals surface area (Å²) >= 11 is 0. The van der Waals surface area contributed by atoms with Crippen LogP contribution >= 0.6 is 0 Å². The first-order valence-electron chi connectivity index (χ1n) is 20.6. The van der Waals surface area contributed by atoms with E-state index in [2.05, 4.69) is 199 Å². The van der Waals surface area contributed by atoms with Crippen LogP contribution in [0.5, 0.6) is 0 Å². The van der Waals surface area contributed by atoms with Gasteiger partial charge in [0.15, 0.2) is 0 Å². The molecule has 0 atom stereocenters. The molecule has 0 N–H and O–H groups in total. The Kier molecular flexibility index (Phi) is 13.2. The van der Waals surface area contributed by atoms with Gasteiger partial charge >= 0.3 is 6.98 Å². The van der Waals surface area contributed by atoms with E-state index in [1.807, 2.05) is 36.7 Å². The van der Waals surface area contributed by atoms with Crippen LogP contribution in [0, 0.1) is 39.8 Å². The van der Waals surface area contributed by atoms with Crippen LogP contribution in [0.15, 0.2) is 128 Å². The zero-order valence-electron chi connectivity index (χ0n) is 36.4. The predicted octanol–water partition coefficient (Wildman–Crippen LogP) is 12.7. The molecule has 2 aromatic heterocycles. The van der Waals surface area contributed by atoms with Gasteiger partial charge < -0.3 is 14.2 Å². The number of pyridine rings is 1. The number of hydrogen-bond donors (Lipinski definition) is 0. The molecule has 0 unspecified atom stereocenters. The summed E-state index contributed by atoms with van der Waals surface area (Å²) in [6.45, 7) is 24.5. The summed E-state index contributed by atoms with van der Waals surface area (Å²) in [6, 6.07) is 45.3. The maximum atomic E-state index is 4.92. The van der Waals surface area contributed by atoms with Crippen molar-refractivity contribution in [3.63, 3.8) is 0 Å². The monoisotopic (exact) mass is 954 g/mol. The number of aromatic nitrogens is 3. The third-order valence-electron chi connectivity index (χ3n) is 11.3. The second-order valence-electron chi connectivity index (χ2n) is 17.2. The molecular weight excluding hydrogens is 898 g/mol. The van der Waals surface area contributed by atoms with Crippen LogP contribution in [0.4, 0.5) is 22.9 Å². The molecule has 59 heavy (non-hydrogen) atoms. The number of anilines is 4. The predicted molar refractivity (Wildman–Crippen MR) is 246 cm³/mol. The smallest absolute Gasteiger partial charge is 0.409 e. The number of rotatable bonds is 7. The number of para-hydroxylation sites is 3. The fraction of sp³-hybridized carbons (Fsp3) is 0.269. The summed E-state index contributed by atoms with van der Waals surface area (Å²) in [4.78, 5) is 14.4. The number of hydrogen-bond acceptors (Lipinski definition) is 4. The molecule has 0 bridgehead atoms. The number of aryl methyl sites for hydroxylation is 4. The average Bonchev–Trinajstić information content (AvgIpc) is 3.81. The van der Waals surface area contributed by atoms with Crippen LogP contribution in [0.25, 0.3) is 17.1 Å². The molecule has 0 aliphatic carbocycles. The molecule has 7 heteroatoms. The molecule has 0 saturated heterocycles. The quantitative estimate of drug-likeness (QED) is 0.118. The molecule has 0 saturated carbocycles. The Morgan fingerprint density at radius 2 is 1.22 bits per heavy atom. The zero-order chi connectivity index (χ0) is 41.3. The van der Waals surface area contributed by atoms with E-state index in [0.717, 1.165) is 28.6 Å². The molecule has 303 valence electrons. The molecule has 1 radical (unpaired) electrons. The SMILES string of the molecule is CC(C)c1cccc(C(C)C)c1-n1ccnc1-c1[c-]cccc1.Cc1cccc(C)c1B1N(c2cc(C(C)(C)C)ccn2)c2[c-]cccc2N1c1c(C)cccc1C.[Ir]. The van der Waals surface area contributed by atoms with Crippen molar-refractivity contribution in [2.45, 2.75) is 93.4 Å². The molecule has 0 amide bonds. The number of imidazole rings is 1. The minimum Gasteiger partial charge on any atom is -0.415 e. The fourth-order valence-electron chi connectivity index (χ4n) is 8.36. The third-order valence-corrected chi connectivity index (χ3v) is 11.3. The van der Waals surface area contributed by atoms with Crippen LogP contribution < -0.4 is 15.1 Å². The molecular formula is C52H56BIrN5-2. The molecule has 0 spiro atoms. The van der Waals surface area contributed by atoms with E-state index in [9.17, 15) is 0 Å². The Morgan fingerprint density at radius 3 is 1.81 bits per heavy atom. The summed E-state index contributed by atoms with van der Waals surface area (Å²) in [5, 5.41) is 0. The number of benzene rings is 5. The number of nitrogens with zero attached hydrogens (tertiary/aromatic N) is 5. The summed E-state index contributed by atoms with van der Waals surface area (Å²) in [7, 11) is 0. The van der Waals surface area contributed by atoms with Gasteiger partial charge in [-0.2, -0.15) is 18.2 Å². The third kappa shape index (κ3) is 8.60. The van der Waals surface area contributed by atoms with E-state index in [-0.39, 0.29) is 32.5 Å². The molecule has 3 heterocycles. The molecule has 1 aliphatic heterocycles. The van der Waals surface area contributed by atoms with Gasteiger partial charge in [-0.1, -0.05) is 126 Å². The van der Waals surface area contributed by atoms with E-state index in [1.54, 1.807) is 0 Å². The first-order chi connectivity index (χ1) is 27.8. The standard InChI is InChI=1S/C31H33BN3.C21H23N2.Ir/c1-21-12-10-13-22(2)29(21)32-34(28-20-25(18-19-33-28)31(5,6)7)26-16-8-9-17-27(26)35(32)30-23(3)14-11-15-24(30)4;1-15(2)18-11-8-12-19(16(3)4)20(18)23-14-13-22-21(23)17-9-6-5-7-10-17;/h8-15,17-20H,1-7H3;5-9,11-16H,1-4H3;/q2*-1;. The largest absolute Gasteiger partial charge is 0.415 e. The molecule has 5 aromatic carbocycles. The van der Waals surface area contributed by atoms with Gasteiger partial charge in [0.1, 0.15) is 5.82 Å². The van der Waals surface area contributed by atoms with Gasteiger partial charge in [0.2, 0.25) is 0 Å². The first-order valence-corrected chi connectivity index (χ1v) is 20.6. The summed E-state index contributed by atoms with van der Waals surface area (Å²) < 4.78 is 2.22. The van der Waals surface area contributed by atoms with Crippen molar-refractivity contribution in [2.75, 3.05) is 9.62 Å². The van der Waals surface area contributed by atoms with E-state index >= 15 is 0 Å². The average molecular weight is 954 g/mol.